The molecule has 0 radical (unpaired) electrons. The highest BCUT2D eigenvalue weighted by atomic mass is 35.5. The molecule has 0 bridgehead atoms. The lowest BCUT2D eigenvalue weighted by Gasteiger charge is -2.19. The first-order chi connectivity index (χ1) is 16.6. The van der Waals surface area contributed by atoms with E-state index in [-0.39, 0.29) is 18.2 Å². The van der Waals surface area contributed by atoms with Crippen LogP contribution in [0.2, 0.25) is 5.02 Å². The fraction of sp³-hybridized carbons (Fsp3) is 0.192. The molecule has 0 N–H and O–H groups in total. The van der Waals surface area contributed by atoms with Crippen molar-refractivity contribution < 1.29 is 18.8 Å². The SMILES string of the molecule is COc1ccc(Cl)cc1N1CC(c2nc(-c3ccc(OCc4ccccc4)cc3)no2)CC1=O. The van der Waals surface area contributed by atoms with Gasteiger partial charge in [0.15, 0.2) is 0 Å². The number of amides is 1. The van der Waals surface area contributed by atoms with Crippen molar-refractivity contribution in [1.82, 2.24) is 10.1 Å². The Morgan fingerprint density at radius 3 is 2.65 bits per heavy atom. The number of hydrogen-bond donors (Lipinski definition) is 0. The molecule has 2 heterocycles. The molecule has 8 heteroatoms. The van der Waals surface area contributed by atoms with E-state index in [1.165, 1.54) is 0 Å². The summed E-state index contributed by atoms with van der Waals surface area (Å²) in [6, 6.07) is 22.7. The lowest BCUT2D eigenvalue weighted by molar-refractivity contribution is -0.117. The van der Waals surface area contributed by atoms with E-state index in [0.29, 0.717) is 41.3 Å². The smallest absolute Gasteiger partial charge is 0.232 e. The Bertz CT molecular complexity index is 1290. The zero-order chi connectivity index (χ0) is 23.5. The Morgan fingerprint density at radius 2 is 1.88 bits per heavy atom. The lowest BCUT2D eigenvalue weighted by atomic mass is 10.1. The minimum atomic E-state index is -0.217. The maximum Gasteiger partial charge on any atom is 0.232 e. The molecule has 7 nitrogen and oxygen atoms in total. The Labute approximate surface area is 201 Å². The number of anilines is 1. The molecular weight excluding hydrogens is 454 g/mol. The number of carbonyl (C=O) groups is 1. The predicted molar refractivity (Wildman–Crippen MR) is 128 cm³/mol. The summed E-state index contributed by atoms with van der Waals surface area (Å²) in [6.07, 6.45) is 0.267. The maximum absolute atomic E-state index is 12.7. The van der Waals surface area contributed by atoms with Crippen molar-refractivity contribution in [2.24, 2.45) is 0 Å². The van der Waals surface area contributed by atoms with Gasteiger partial charge in [0.1, 0.15) is 18.1 Å². The van der Waals surface area contributed by atoms with Crippen molar-refractivity contribution in [2.45, 2.75) is 18.9 Å². The van der Waals surface area contributed by atoms with E-state index >= 15 is 0 Å². The molecule has 1 aliphatic heterocycles. The number of rotatable bonds is 7. The first kappa shape index (κ1) is 22.0. The topological polar surface area (TPSA) is 77.7 Å². The van der Waals surface area contributed by atoms with Crippen LogP contribution in [0.1, 0.15) is 23.8 Å². The van der Waals surface area contributed by atoms with Gasteiger partial charge in [-0.05, 0) is 48.0 Å². The molecule has 1 atom stereocenters. The Balaban J connectivity index is 1.27. The first-order valence-electron chi connectivity index (χ1n) is 10.9. The zero-order valence-electron chi connectivity index (χ0n) is 18.5. The van der Waals surface area contributed by atoms with Crippen molar-refractivity contribution in [3.05, 3.63) is 89.3 Å². The highest BCUT2D eigenvalue weighted by molar-refractivity contribution is 6.31. The number of benzene rings is 3. The molecule has 0 spiro atoms. The Morgan fingerprint density at radius 1 is 1.09 bits per heavy atom. The van der Waals surface area contributed by atoms with E-state index in [4.69, 9.17) is 25.6 Å². The summed E-state index contributed by atoms with van der Waals surface area (Å²) in [4.78, 5) is 18.9. The predicted octanol–water partition coefficient (Wildman–Crippen LogP) is 5.50. The van der Waals surface area contributed by atoms with Gasteiger partial charge in [0.2, 0.25) is 17.6 Å². The molecule has 1 unspecified atom stereocenters. The molecule has 34 heavy (non-hydrogen) atoms. The van der Waals surface area contributed by atoms with E-state index in [1.807, 2.05) is 54.6 Å². The van der Waals surface area contributed by atoms with Gasteiger partial charge in [-0.3, -0.25) is 4.79 Å². The van der Waals surface area contributed by atoms with Crippen molar-refractivity contribution in [3.63, 3.8) is 0 Å². The monoisotopic (exact) mass is 475 g/mol. The first-order valence-corrected chi connectivity index (χ1v) is 11.2. The van der Waals surface area contributed by atoms with Crippen LogP contribution < -0.4 is 14.4 Å². The Kier molecular flexibility index (Phi) is 6.18. The second-order valence-corrected chi connectivity index (χ2v) is 8.41. The molecule has 1 amide bonds. The number of methoxy groups -OCH3 is 1. The zero-order valence-corrected chi connectivity index (χ0v) is 19.2. The standard InChI is InChI=1S/C26H22ClN3O4/c1-32-23-12-9-20(27)14-22(23)30-15-19(13-24(30)31)26-28-25(29-34-26)18-7-10-21(11-8-18)33-16-17-5-3-2-4-6-17/h2-12,14,19H,13,15-16H2,1H3. The normalized spacial score (nSPS) is 15.5. The molecule has 1 aromatic heterocycles. The van der Waals surface area contributed by atoms with Crippen LogP contribution in [0, 0.1) is 0 Å². The number of ether oxygens (including phenoxy) is 2. The van der Waals surface area contributed by atoms with E-state index in [1.54, 1.807) is 30.2 Å². The molecule has 3 aromatic carbocycles. The van der Waals surface area contributed by atoms with E-state index in [0.717, 1.165) is 16.9 Å². The molecule has 4 aromatic rings. The second-order valence-electron chi connectivity index (χ2n) is 7.98. The highest BCUT2D eigenvalue weighted by Crippen LogP contribution is 2.38. The summed E-state index contributed by atoms with van der Waals surface area (Å²) < 4.78 is 16.8. The molecular formula is C26H22ClN3O4. The summed E-state index contributed by atoms with van der Waals surface area (Å²) in [5.41, 5.74) is 2.54. The van der Waals surface area contributed by atoms with Gasteiger partial charge in [0, 0.05) is 23.6 Å². The van der Waals surface area contributed by atoms with Crippen molar-refractivity contribution in [1.29, 1.82) is 0 Å². The van der Waals surface area contributed by atoms with Crippen LogP contribution in [0.4, 0.5) is 5.69 Å². The third-order valence-corrected chi connectivity index (χ3v) is 5.94. The number of carbonyl (C=O) groups excluding carboxylic acids is 1. The summed E-state index contributed by atoms with van der Waals surface area (Å²) in [6.45, 7) is 0.902. The van der Waals surface area contributed by atoms with E-state index in [9.17, 15) is 4.79 Å². The van der Waals surface area contributed by atoms with Gasteiger partial charge in [0.25, 0.3) is 0 Å². The molecule has 1 fully saturated rings. The minimum absolute atomic E-state index is 0.0507. The minimum Gasteiger partial charge on any atom is -0.495 e. The maximum atomic E-state index is 12.7. The van der Waals surface area contributed by atoms with Crippen LogP contribution in [-0.4, -0.2) is 29.7 Å². The van der Waals surface area contributed by atoms with Gasteiger partial charge >= 0.3 is 0 Å². The van der Waals surface area contributed by atoms with Gasteiger partial charge in [-0.25, -0.2) is 0 Å². The average Bonchev–Trinajstić information content (AvgIpc) is 3.51. The van der Waals surface area contributed by atoms with Crippen molar-refractivity contribution in [2.75, 3.05) is 18.6 Å². The van der Waals surface area contributed by atoms with Gasteiger partial charge in [-0.2, -0.15) is 4.98 Å². The van der Waals surface area contributed by atoms with Crippen LogP contribution in [0.15, 0.2) is 77.3 Å². The van der Waals surface area contributed by atoms with Crippen LogP contribution in [0.3, 0.4) is 0 Å². The van der Waals surface area contributed by atoms with E-state index < -0.39 is 0 Å². The van der Waals surface area contributed by atoms with Crippen LogP contribution in [0.5, 0.6) is 11.5 Å². The molecule has 172 valence electrons. The van der Waals surface area contributed by atoms with E-state index in [2.05, 4.69) is 10.1 Å². The summed E-state index contributed by atoms with van der Waals surface area (Å²) >= 11 is 6.14. The summed E-state index contributed by atoms with van der Waals surface area (Å²) in [5, 5.41) is 4.65. The lowest BCUT2D eigenvalue weighted by Crippen LogP contribution is -2.24. The summed E-state index contributed by atoms with van der Waals surface area (Å²) in [5.74, 6) is 1.96. The number of hydrogen-bond acceptors (Lipinski definition) is 6. The number of nitrogens with zero attached hydrogens (tertiary/aromatic N) is 3. The van der Waals surface area contributed by atoms with Crippen LogP contribution in [0.25, 0.3) is 11.4 Å². The van der Waals surface area contributed by atoms with Gasteiger partial charge in [-0.1, -0.05) is 47.1 Å². The fourth-order valence-corrected chi connectivity index (χ4v) is 4.11. The van der Waals surface area contributed by atoms with Crippen molar-refractivity contribution in [3.8, 4) is 22.9 Å². The third-order valence-electron chi connectivity index (χ3n) is 5.71. The molecule has 0 aliphatic carbocycles. The highest BCUT2D eigenvalue weighted by Gasteiger charge is 2.36. The molecule has 5 rings (SSSR count). The van der Waals surface area contributed by atoms with Crippen LogP contribution in [-0.2, 0) is 11.4 Å². The van der Waals surface area contributed by atoms with Crippen LogP contribution >= 0.6 is 11.6 Å². The van der Waals surface area contributed by atoms with Crippen molar-refractivity contribution >= 4 is 23.2 Å². The van der Waals surface area contributed by atoms with Gasteiger partial charge in [0.05, 0.1) is 18.7 Å². The Hall–Kier alpha value is -3.84. The largest absolute Gasteiger partial charge is 0.495 e. The quantitative estimate of drug-likeness (QED) is 0.351. The van der Waals surface area contributed by atoms with Gasteiger partial charge < -0.3 is 18.9 Å². The fourth-order valence-electron chi connectivity index (χ4n) is 3.94. The van der Waals surface area contributed by atoms with Gasteiger partial charge in [-0.15, -0.1) is 0 Å². The second kappa shape index (κ2) is 9.57. The molecule has 1 saturated heterocycles. The third kappa shape index (κ3) is 4.61. The molecule has 0 saturated carbocycles. The number of aromatic nitrogens is 2. The number of halogens is 1. The molecule has 1 aliphatic rings. The summed E-state index contributed by atoms with van der Waals surface area (Å²) in [7, 11) is 1.56. The average molecular weight is 476 g/mol.